The van der Waals surface area contributed by atoms with E-state index in [1.54, 1.807) is 23.1 Å². The number of nitrogens with zero attached hydrogens (tertiary/aromatic N) is 2. The molecule has 9 heteroatoms. The smallest absolute Gasteiger partial charge is 0.406 e. The van der Waals surface area contributed by atoms with Crippen molar-refractivity contribution in [1.82, 2.24) is 9.47 Å². The van der Waals surface area contributed by atoms with Crippen LogP contribution in [0.1, 0.15) is 24.2 Å². The third-order valence-corrected chi connectivity index (χ3v) is 4.80. The third kappa shape index (κ3) is 5.56. The van der Waals surface area contributed by atoms with Gasteiger partial charge < -0.3 is 19.5 Å². The van der Waals surface area contributed by atoms with Crippen molar-refractivity contribution in [1.29, 1.82) is 0 Å². The SMILES string of the molecule is CCN(CC)C(=O)Cn1ccc2cc(NC(=O)c3ccc(OC(F)(F)F)cc3)ccc21. The second kappa shape index (κ2) is 9.11. The zero-order chi connectivity index (χ0) is 22.6. The van der Waals surface area contributed by atoms with Crippen LogP contribution in [0.3, 0.4) is 0 Å². The van der Waals surface area contributed by atoms with E-state index in [4.69, 9.17) is 0 Å². The lowest BCUT2D eigenvalue weighted by molar-refractivity contribution is -0.274. The van der Waals surface area contributed by atoms with E-state index in [9.17, 15) is 22.8 Å². The van der Waals surface area contributed by atoms with E-state index in [-0.39, 0.29) is 18.0 Å². The Hall–Kier alpha value is -3.49. The van der Waals surface area contributed by atoms with E-state index in [2.05, 4.69) is 10.1 Å². The van der Waals surface area contributed by atoms with Crippen LogP contribution >= 0.6 is 0 Å². The molecule has 0 aliphatic heterocycles. The Morgan fingerprint density at radius 2 is 1.71 bits per heavy atom. The summed E-state index contributed by atoms with van der Waals surface area (Å²) in [5, 5.41) is 3.56. The highest BCUT2D eigenvalue weighted by molar-refractivity contribution is 6.05. The van der Waals surface area contributed by atoms with Crippen molar-refractivity contribution in [3.63, 3.8) is 0 Å². The molecule has 1 heterocycles. The molecule has 3 rings (SSSR count). The number of rotatable bonds is 7. The monoisotopic (exact) mass is 433 g/mol. The highest BCUT2D eigenvalue weighted by Gasteiger charge is 2.31. The van der Waals surface area contributed by atoms with Crippen LogP contribution < -0.4 is 10.1 Å². The molecule has 1 aromatic heterocycles. The number of aromatic nitrogens is 1. The van der Waals surface area contributed by atoms with Gasteiger partial charge in [0.25, 0.3) is 5.91 Å². The minimum Gasteiger partial charge on any atom is -0.406 e. The van der Waals surface area contributed by atoms with Crippen molar-refractivity contribution in [3.8, 4) is 5.75 Å². The van der Waals surface area contributed by atoms with Crippen LogP contribution in [0.2, 0.25) is 0 Å². The number of carbonyl (C=O) groups excluding carboxylic acids is 2. The number of nitrogens with one attached hydrogen (secondary N) is 1. The summed E-state index contributed by atoms with van der Waals surface area (Å²) in [5.74, 6) is -0.835. The quantitative estimate of drug-likeness (QED) is 0.590. The van der Waals surface area contributed by atoms with E-state index in [1.807, 2.05) is 30.7 Å². The number of carbonyl (C=O) groups is 2. The molecule has 2 amide bonds. The predicted molar refractivity (Wildman–Crippen MR) is 111 cm³/mol. The first-order valence-electron chi connectivity index (χ1n) is 9.74. The molecule has 164 valence electrons. The van der Waals surface area contributed by atoms with E-state index in [0.29, 0.717) is 18.8 Å². The average molecular weight is 433 g/mol. The van der Waals surface area contributed by atoms with E-state index < -0.39 is 18.0 Å². The number of alkyl halides is 3. The summed E-state index contributed by atoms with van der Waals surface area (Å²) in [4.78, 5) is 26.5. The molecule has 0 spiro atoms. The van der Waals surface area contributed by atoms with Crippen molar-refractivity contribution in [2.75, 3.05) is 18.4 Å². The van der Waals surface area contributed by atoms with Crippen LogP contribution in [0.25, 0.3) is 10.9 Å². The normalized spacial score (nSPS) is 11.4. The molecule has 0 bridgehead atoms. The molecule has 0 fully saturated rings. The summed E-state index contributed by atoms with van der Waals surface area (Å²) < 4.78 is 42.4. The van der Waals surface area contributed by atoms with E-state index >= 15 is 0 Å². The minimum absolute atomic E-state index is 0.0258. The largest absolute Gasteiger partial charge is 0.573 e. The van der Waals surface area contributed by atoms with Gasteiger partial charge in [-0.05, 0) is 62.4 Å². The van der Waals surface area contributed by atoms with Crippen LogP contribution in [0.4, 0.5) is 18.9 Å². The molecule has 0 saturated carbocycles. The number of hydrogen-bond donors (Lipinski definition) is 1. The molecule has 0 radical (unpaired) electrons. The van der Waals surface area contributed by atoms with Gasteiger partial charge in [-0.3, -0.25) is 9.59 Å². The van der Waals surface area contributed by atoms with Crippen LogP contribution in [-0.2, 0) is 11.3 Å². The zero-order valence-electron chi connectivity index (χ0n) is 17.1. The zero-order valence-corrected chi connectivity index (χ0v) is 17.1. The Morgan fingerprint density at radius 1 is 1.03 bits per heavy atom. The Bertz CT molecular complexity index is 1070. The van der Waals surface area contributed by atoms with Gasteiger partial charge in [-0.25, -0.2) is 0 Å². The maximum Gasteiger partial charge on any atom is 0.573 e. The fourth-order valence-corrected chi connectivity index (χ4v) is 3.25. The van der Waals surface area contributed by atoms with Gasteiger partial charge in [0, 0.05) is 41.4 Å². The summed E-state index contributed by atoms with van der Waals surface area (Å²) in [5.41, 5.74) is 1.57. The molecule has 0 saturated heterocycles. The average Bonchev–Trinajstić information content (AvgIpc) is 3.10. The lowest BCUT2D eigenvalue weighted by Crippen LogP contribution is -2.33. The summed E-state index contributed by atoms with van der Waals surface area (Å²) in [6.07, 6.45) is -2.97. The summed E-state index contributed by atoms with van der Waals surface area (Å²) in [6, 6.07) is 11.8. The number of hydrogen-bond acceptors (Lipinski definition) is 3. The van der Waals surface area contributed by atoms with Gasteiger partial charge in [-0.2, -0.15) is 0 Å². The number of benzene rings is 2. The van der Waals surface area contributed by atoms with Gasteiger partial charge in [0.05, 0.1) is 0 Å². The molecular formula is C22H22F3N3O3. The Labute approximate surface area is 177 Å². The molecular weight excluding hydrogens is 411 g/mol. The Balaban J connectivity index is 1.70. The molecule has 0 aliphatic carbocycles. The second-order valence-corrected chi connectivity index (χ2v) is 6.81. The standard InChI is InChI=1S/C22H22F3N3O3/c1-3-27(4-2)20(29)14-28-12-11-16-13-17(7-10-19(16)28)26-21(30)15-5-8-18(9-6-15)31-22(23,24)25/h5-13H,3-4,14H2,1-2H3,(H,26,30). The topological polar surface area (TPSA) is 63.6 Å². The van der Waals surface area contributed by atoms with Crippen molar-refractivity contribution in [3.05, 3.63) is 60.3 Å². The van der Waals surface area contributed by atoms with Gasteiger partial charge in [0.1, 0.15) is 12.3 Å². The van der Waals surface area contributed by atoms with Gasteiger partial charge in [-0.15, -0.1) is 13.2 Å². The first kappa shape index (κ1) is 22.2. The number of fused-ring (bicyclic) bond motifs is 1. The summed E-state index contributed by atoms with van der Waals surface area (Å²) in [6.45, 7) is 5.38. The van der Waals surface area contributed by atoms with E-state index in [1.165, 1.54) is 12.1 Å². The Kier molecular flexibility index (Phi) is 6.53. The number of amides is 2. The number of halogens is 3. The van der Waals surface area contributed by atoms with Crippen LogP contribution in [0.15, 0.2) is 54.7 Å². The Morgan fingerprint density at radius 3 is 2.32 bits per heavy atom. The molecule has 0 atom stereocenters. The van der Waals surface area contributed by atoms with Gasteiger partial charge >= 0.3 is 6.36 Å². The molecule has 6 nitrogen and oxygen atoms in total. The maximum absolute atomic E-state index is 12.4. The van der Waals surface area contributed by atoms with Crippen LogP contribution in [0.5, 0.6) is 5.75 Å². The number of likely N-dealkylation sites (N-methyl/N-ethyl adjacent to an activating group) is 1. The molecule has 3 aromatic rings. The first-order valence-corrected chi connectivity index (χ1v) is 9.74. The minimum atomic E-state index is -4.79. The summed E-state index contributed by atoms with van der Waals surface area (Å²) in [7, 11) is 0. The second-order valence-electron chi connectivity index (χ2n) is 6.81. The molecule has 1 N–H and O–H groups in total. The molecule has 0 unspecified atom stereocenters. The van der Waals surface area contributed by atoms with Crippen molar-refractivity contribution in [2.24, 2.45) is 0 Å². The van der Waals surface area contributed by atoms with Crippen molar-refractivity contribution < 1.29 is 27.5 Å². The number of anilines is 1. The fraction of sp³-hybridized carbons (Fsp3) is 0.273. The van der Waals surface area contributed by atoms with Gasteiger partial charge in [0.2, 0.25) is 5.91 Å². The fourth-order valence-electron chi connectivity index (χ4n) is 3.25. The summed E-state index contributed by atoms with van der Waals surface area (Å²) >= 11 is 0. The molecule has 0 aliphatic rings. The van der Waals surface area contributed by atoms with Crippen LogP contribution in [-0.4, -0.2) is 40.7 Å². The molecule has 2 aromatic carbocycles. The third-order valence-electron chi connectivity index (χ3n) is 4.80. The highest BCUT2D eigenvalue weighted by Crippen LogP contribution is 2.24. The first-order chi connectivity index (χ1) is 14.7. The maximum atomic E-state index is 12.4. The highest BCUT2D eigenvalue weighted by atomic mass is 19.4. The lowest BCUT2D eigenvalue weighted by atomic mass is 10.2. The van der Waals surface area contributed by atoms with Crippen LogP contribution in [0, 0.1) is 0 Å². The van der Waals surface area contributed by atoms with Gasteiger partial charge in [-0.1, -0.05) is 0 Å². The van der Waals surface area contributed by atoms with Crippen molar-refractivity contribution >= 4 is 28.4 Å². The lowest BCUT2D eigenvalue weighted by Gasteiger charge is -2.19. The predicted octanol–water partition coefficient (Wildman–Crippen LogP) is 4.66. The van der Waals surface area contributed by atoms with E-state index in [0.717, 1.165) is 23.0 Å². The van der Waals surface area contributed by atoms with Gasteiger partial charge in [0.15, 0.2) is 0 Å². The van der Waals surface area contributed by atoms with Crippen molar-refractivity contribution in [2.45, 2.75) is 26.8 Å². The molecule has 31 heavy (non-hydrogen) atoms. The number of ether oxygens (including phenoxy) is 1.